The van der Waals surface area contributed by atoms with E-state index in [1.165, 1.54) is 5.69 Å². The maximum absolute atomic E-state index is 12.3. The molecule has 27 heavy (non-hydrogen) atoms. The third-order valence-corrected chi connectivity index (χ3v) is 5.73. The summed E-state index contributed by atoms with van der Waals surface area (Å²) in [4.78, 5) is 17.1. The van der Waals surface area contributed by atoms with Crippen LogP contribution in [0.3, 0.4) is 0 Å². The van der Waals surface area contributed by atoms with Gasteiger partial charge >= 0.3 is 0 Å². The van der Waals surface area contributed by atoms with Gasteiger partial charge in [0.15, 0.2) is 0 Å². The van der Waals surface area contributed by atoms with E-state index in [1.807, 2.05) is 18.2 Å². The van der Waals surface area contributed by atoms with Gasteiger partial charge in [-0.15, -0.1) is 12.4 Å². The van der Waals surface area contributed by atoms with Crippen LogP contribution in [0.2, 0.25) is 5.02 Å². The Balaban J connectivity index is 0.00000261. The standard InChI is InChI=1S/C20H31ClN4O.ClH/c1-16-14-17(6-8-22-16)20(26)23-7-3-9-24-10-12-25(13-11-24)19-5-2-4-18(21)15-19;/h2,4-5,15-17,22H,3,6-14H2,1H3,(H,23,26);1H/t16-,17-;/m0./s1. The number of nitrogens with zero attached hydrogens (tertiary/aromatic N) is 2. The van der Waals surface area contributed by atoms with Gasteiger partial charge in [-0.3, -0.25) is 9.69 Å². The fourth-order valence-corrected chi connectivity index (χ4v) is 4.12. The quantitative estimate of drug-likeness (QED) is 0.702. The zero-order valence-corrected chi connectivity index (χ0v) is 17.7. The van der Waals surface area contributed by atoms with Crippen molar-refractivity contribution in [3.05, 3.63) is 29.3 Å². The van der Waals surface area contributed by atoms with Crippen LogP contribution in [0.15, 0.2) is 24.3 Å². The molecular weight excluding hydrogens is 383 g/mol. The van der Waals surface area contributed by atoms with Gasteiger partial charge in [0, 0.05) is 55.4 Å². The summed E-state index contributed by atoms with van der Waals surface area (Å²) in [5, 5.41) is 7.33. The molecule has 1 amide bonds. The van der Waals surface area contributed by atoms with Crippen molar-refractivity contribution in [3.63, 3.8) is 0 Å². The molecule has 5 nitrogen and oxygen atoms in total. The van der Waals surface area contributed by atoms with E-state index in [1.54, 1.807) is 0 Å². The smallest absolute Gasteiger partial charge is 0.223 e. The number of hydrogen-bond acceptors (Lipinski definition) is 4. The normalized spacial score (nSPS) is 23.6. The topological polar surface area (TPSA) is 47.6 Å². The highest BCUT2D eigenvalue weighted by Crippen LogP contribution is 2.21. The number of piperazine rings is 1. The monoisotopic (exact) mass is 414 g/mol. The molecule has 2 heterocycles. The summed E-state index contributed by atoms with van der Waals surface area (Å²) in [6, 6.07) is 8.54. The Bertz CT molecular complexity index is 593. The van der Waals surface area contributed by atoms with Crippen LogP contribution in [-0.2, 0) is 4.79 Å². The van der Waals surface area contributed by atoms with Crippen molar-refractivity contribution >= 4 is 35.6 Å². The summed E-state index contributed by atoms with van der Waals surface area (Å²) in [6.07, 6.45) is 2.93. The second kappa shape index (κ2) is 11.1. The molecule has 3 rings (SSSR count). The van der Waals surface area contributed by atoms with Crippen LogP contribution < -0.4 is 15.5 Å². The van der Waals surface area contributed by atoms with E-state index in [4.69, 9.17) is 11.6 Å². The number of amides is 1. The number of carbonyl (C=O) groups is 1. The molecule has 0 aromatic heterocycles. The minimum atomic E-state index is 0. The zero-order valence-electron chi connectivity index (χ0n) is 16.1. The lowest BCUT2D eigenvalue weighted by Gasteiger charge is -2.36. The van der Waals surface area contributed by atoms with Crippen LogP contribution >= 0.6 is 24.0 Å². The zero-order chi connectivity index (χ0) is 18.4. The Morgan fingerprint density at radius 2 is 2.07 bits per heavy atom. The lowest BCUT2D eigenvalue weighted by Crippen LogP contribution is -2.47. The van der Waals surface area contributed by atoms with Crippen LogP contribution in [0.5, 0.6) is 0 Å². The SMILES string of the molecule is C[C@H]1C[C@@H](C(=O)NCCCN2CCN(c3cccc(Cl)c3)CC2)CCN1.Cl. The van der Waals surface area contributed by atoms with Crippen molar-refractivity contribution in [1.29, 1.82) is 0 Å². The minimum absolute atomic E-state index is 0. The van der Waals surface area contributed by atoms with E-state index in [2.05, 4.69) is 33.4 Å². The molecule has 7 heteroatoms. The highest BCUT2D eigenvalue weighted by Gasteiger charge is 2.24. The van der Waals surface area contributed by atoms with Crippen molar-refractivity contribution in [2.45, 2.75) is 32.2 Å². The molecule has 0 spiro atoms. The van der Waals surface area contributed by atoms with Gasteiger partial charge in [0.1, 0.15) is 0 Å². The molecular formula is C20H32Cl2N4O. The average Bonchev–Trinajstić information content (AvgIpc) is 2.65. The Morgan fingerprint density at radius 1 is 1.30 bits per heavy atom. The van der Waals surface area contributed by atoms with Crippen LogP contribution in [0.25, 0.3) is 0 Å². The summed E-state index contributed by atoms with van der Waals surface area (Å²) in [5.41, 5.74) is 1.21. The fraction of sp³-hybridized carbons (Fsp3) is 0.650. The lowest BCUT2D eigenvalue weighted by molar-refractivity contribution is -0.126. The van der Waals surface area contributed by atoms with Gasteiger partial charge in [0.2, 0.25) is 5.91 Å². The van der Waals surface area contributed by atoms with Gasteiger partial charge in [-0.25, -0.2) is 0 Å². The second-order valence-corrected chi connectivity index (χ2v) is 7.97. The molecule has 2 fully saturated rings. The number of nitrogens with one attached hydrogen (secondary N) is 2. The van der Waals surface area contributed by atoms with E-state index in [9.17, 15) is 4.79 Å². The third-order valence-electron chi connectivity index (χ3n) is 5.49. The van der Waals surface area contributed by atoms with E-state index < -0.39 is 0 Å². The average molecular weight is 415 g/mol. The molecule has 0 unspecified atom stereocenters. The Morgan fingerprint density at radius 3 is 2.78 bits per heavy atom. The first kappa shape index (κ1) is 22.3. The maximum atomic E-state index is 12.3. The number of rotatable bonds is 6. The van der Waals surface area contributed by atoms with Gasteiger partial charge < -0.3 is 15.5 Å². The molecule has 152 valence electrons. The maximum Gasteiger partial charge on any atom is 0.223 e. The largest absolute Gasteiger partial charge is 0.369 e. The van der Waals surface area contributed by atoms with Gasteiger partial charge in [-0.05, 0) is 57.5 Å². The molecule has 2 atom stereocenters. The minimum Gasteiger partial charge on any atom is -0.369 e. The van der Waals surface area contributed by atoms with E-state index >= 15 is 0 Å². The first-order valence-corrected chi connectivity index (χ1v) is 10.2. The summed E-state index contributed by atoms with van der Waals surface area (Å²) >= 11 is 6.09. The summed E-state index contributed by atoms with van der Waals surface area (Å²) in [7, 11) is 0. The van der Waals surface area contributed by atoms with E-state index in [0.717, 1.165) is 70.1 Å². The van der Waals surface area contributed by atoms with Crippen molar-refractivity contribution in [1.82, 2.24) is 15.5 Å². The highest BCUT2D eigenvalue weighted by atomic mass is 35.5. The molecule has 2 saturated heterocycles. The van der Waals surface area contributed by atoms with E-state index in [-0.39, 0.29) is 24.2 Å². The predicted molar refractivity (Wildman–Crippen MR) is 115 cm³/mol. The molecule has 0 bridgehead atoms. The van der Waals surface area contributed by atoms with Crippen LogP contribution in [0.4, 0.5) is 5.69 Å². The Hall–Kier alpha value is -1.01. The van der Waals surface area contributed by atoms with Crippen molar-refractivity contribution in [2.24, 2.45) is 5.92 Å². The molecule has 2 N–H and O–H groups in total. The summed E-state index contributed by atoms with van der Waals surface area (Å²) < 4.78 is 0. The molecule has 0 saturated carbocycles. The summed E-state index contributed by atoms with van der Waals surface area (Å²) in [5.74, 6) is 0.427. The number of hydrogen-bond donors (Lipinski definition) is 2. The molecule has 2 aliphatic rings. The molecule has 0 aliphatic carbocycles. The van der Waals surface area contributed by atoms with Crippen LogP contribution in [-0.4, -0.2) is 62.7 Å². The van der Waals surface area contributed by atoms with Crippen LogP contribution in [0.1, 0.15) is 26.2 Å². The second-order valence-electron chi connectivity index (χ2n) is 7.53. The number of anilines is 1. The number of piperidine rings is 1. The number of halogens is 2. The number of carbonyl (C=O) groups excluding carboxylic acids is 1. The molecule has 1 aromatic carbocycles. The lowest BCUT2D eigenvalue weighted by atomic mass is 9.92. The summed E-state index contributed by atoms with van der Waals surface area (Å²) in [6.45, 7) is 9.12. The van der Waals surface area contributed by atoms with Crippen molar-refractivity contribution in [2.75, 3.05) is 50.7 Å². The van der Waals surface area contributed by atoms with Crippen molar-refractivity contribution in [3.8, 4) is 0 Å². The molecule has 1 aromatic rings. The van der Waals surface area contributed by atoms with E-state index in [0.29, 0.717) is 6.04 Å². The number of benzene rings is 1. The first-order chi connectivity index (χ1) is 12.6. The molecule has 0 radical (unpaired) electrons. The predicted octanol–water partition coefficient (Wildman–Crippen LogP) is 2.78. The van der Waals surface area contributed by atoms with Crippen LogP contribution in [0, 0.1) is 5.92 Å². The Labute approximate surface area is 174 Å². The Kier molecular flexibility index (Phi) is 9.16. The van der Waals surface area contributed by atoms with Gasteiger partial charge in [-0.1, -0.05) is 17.7 Å². The first-order valence-electron chi connectivity index (χ1n) is 9.86. The third kappa shape index (κ3) is 6.83. The van der Waals surface area contributed by atoms with Crippen molar-refractivity contribution < 1.29 is 4.79 Å². The van der Waals surface area contributed by atoms with Gasteiger partial charge in [0.25, 0.3) is 0 Å². The van der Waals surface area contributed by atoms with Gasteiger partial charge in [0.05, 0.1) is 0 Å². The van der Waals surface area contributed by atoms with Gasteiger partial charge in [-0.2, -0.15) is 0 Å². The fourth-order valence-electron chi connectivity index (χ4n) is 3.93. The highest BCUT2D eigenvalue weighted by molar-refractivity contribution is 6.30. The molecule has 2 aliphatic heterocycles.